The fourth-order valence-electron chi connectivity index (χ4n) is 1.56. The first-order valence-electron chi connectivity index (χ1n) is 5.29. The maximum Gasteiger partial charge on any atom is 0.337 e. The fraction of sp³-hybridized carbons (Fsp3) is 0.273. The monoisotopic (exact) mass is 232 g/mol. The summed E-state index contributed by atoms with van der Waals surface area (Å²) in [7, 11) is 0. The lowest BCUT2D eigenvalue weighted by Gasteiger charge is -2.04. The number of carboxylic acid groups (broad SMARTS) is 1. The van der Waals surface area contributed by atoms with E-state index in [0.29, 0.717) is 5.56 Å². The second-order valence-electron chi connectivity index (χ2n) is 3.61. The number of nitrogens with zero attached hydrogens (tertiary/aromatic N) is 4. The zero-order chi connectivity index (χ0) is 12.3. The third-order valence-electron chi connectivity index (χ3n) is 2.33. The van der Waals surface area contributed by atoms with Crippen molar-refractivity contribution in [2.45, 2.75) is 19.9 Å². The fourth-order valence-corrected chi connectivity index (χ4v) is 1.56. The number of aromatic carboxylic acids is 1. The highest BCUT2D eigenvalue weighted by atomic mass is 16.4. The van der Waals surface area contributed by atoms with Crippen LogP contribution in [0.5, 0.6) is 0 Å². The maximum absolute atomic E-state index is 10.9. The molecule has 0 aliphatic heterocycles. The van der Waals surface area contributed by atoms with E-state index in [1.165, 1.54) is 6.20 Å². The number of aromatic nitrogens is 4. The number of pyridine rings is 1. The van der Waals surface area contributed by atoms with Crippen LogP contribution in [0, 0.1) is 0 Å². The van der Waals surface area contributed by atoms with E-state index < -0.39 is 5.97 Å². The third kappa shape index (κ3) is 2.30. The average Bonchev–Trinajstić information content (AvgIpc) is 2.78. The first kappa shape index (κ1) is 11.3. The lowest BCUT2D eigenvalue weighted by atomic mass is 10.1. The van der Waals surface area contributed by atoms with Crippen molar-refractivity contribution in [2.75, 3.05) is 0 Å². The van der Waals surface area contributed by atoms with Crippen LogP contribution >= 0.6 is 0 Å². The number of hydrogen-bond donors (Lipinski definition) is 1. The number of rotatable bonds is 4. The second-order valence-corrected chi connectivity index (χ2v) is 3.61. The summed E-state index contributed by atoms with van der Waals surface area (Å²) in [6.07, 6.45) is 5.47. The molecule has 0 unspecified atom stereocenters. The molecule has 0 bridgehead atoms. The zero-order valence-corrected chi connectivity index (χ0v) is 9.37. The van der Waals surface area contributed by atoms with E-state index in [1.807, 2.05) is 6.92 Å². The molecular weight excluding hydrogens is 220 g/mol. The van der Waals surface area contributed by atoms with Gasteiger partial charge in [-0.1, -0.05) is 12.1 Å². The van der Waals surface area contributed by atoms with Gasteiger partial charge < -0.3 is 5.11 Å². The van der Waals surface area contributed by atoms with Crippen molar-refractivity contribution in [3.8, 4) is 11.3 Å². The van der Waals surface area contributed by atoms with Gasteiger partial charge in [0.05, 0.1) is 17.5 Å². The zero-order valence-electron chi connectivity index (χ0n) is 9.37. The van der Waals surface area contributed by atoms with Crippen LogP contribution < -0.4 is 0 Å². The Morgan fingerprint density at radius 1 is 1.41 bits per heavy atom. The van der Waals surface area contributed by atoms with Gasteiger partial charge in [-0.3, -0.25) is 4.98 Å². The molecule has 2 heterocycles. The molecule has 2 rings (SSSR count). The number of carboxylic acids is 1. The molecule has 0 saturated heterocycles. The molecule has 0 atom stereocenters. The van der Waals surface area contributed by atoms with Crippen LogP contribution in [0.4, 0.5) is 0 Å². The van der Waals surface area contributed by atoms with Crippen molar-refractivity contribution in [1.82, 2.24) is 20.0 Å². The normalized spacial score (nSPS) is 10.4. The maximum atomic E-state index is 10.9. The first-order chi connectivity index (χ1) is 8.22. The first-order valence-corrected chi connectivity index (χ1v) is 5.29. The minimum absolute atomic E-state index is 0.159. The Bertz CT molecular complexity index is 536. The summed E-state index contributed by atoms with van der Waals surface area (Å²) >= 11 is 0. The van der Waals surface area contributed by atoms with Gasteiger partial charge in [-0.2, -0.15) is 0 Å². The van der Waals surface area contributed by atoms with E-state index in [2.05, 4.69) is 15.3 Å². The van der Waals surface area contributed by atoms with Gasteiger partial charge >= 0.3 is 5.97 Å². The highest BCUT2D eigenvalue weighted by Crippen LogP contribution is 2.18. The molecule has 0 spiro atoms. The summed E-state index contributed by atoms with van der Waals surface area (Å²) in [6, 6.07) is 1.57. The molecule has 1 N–H and O–H groups in total. The second kappa shape index (κ2) is 4.73. The van der Waals surface area contributed by atoms with Gasteiger partial charge in [0.25, 0.3) is 0 Å². The summed E-state index contributed by atoms with van der Waals surface area (Å²) in [4.78, 5) is 14.8. The van der Waals surface area contributed by atoms with Crippen LogP contribution in [0.1, 0.15) is 23.7 Å². The SMILES string of the molecule is CCCn1nncc1-c1cncc(C(=O)O)c1. The summed E-state index contributed by atoms with van der Waals surface area (Å²) < 4.78 is 1.74. The van der Waals surface area contributed by atoms with Crippen LogP contribution in [0.3, 0.4) is 0 Å². The Hall–Kier alpha value is -2.24. The van der Waals surface area contributed by atoms with Crippen LogP contribution in [0.15, 0.2) is 24.7 Å². The van der Waals surface area contributed by atoms with Gasteiger partial charge in [0.1, 0.15) is 0 Å². The largest absolute Gasteiger partial charge is 0.478 e. The van der Waals surface area contributed by atoms with Crippen molar-refractivity contribution in [3.63, 3.8) is 0 Å². The topological polar surface area (TPSA) is 80.9 Å². The predicted molar refractivity (Wildman–Crippen MR) is 60.5 cm³/mol. The Labute approximate surface area is 97.9 Å². The summed E-state index contributed by atoms with van der Waals surface area (Å²) in [5.41, 5.74) is 1.65. The molecule has 6 nitrogen and oxygen atoms in total. The van der Waals surface area contributed by atoms with Crippen LogP contribution in [0.25, 0.3) is 11.3 Å². The minimum atomic E-state index is -0.992. The molecule has 0 radical (unpaired) electrons. The summed E-state index contributed by atoms with van der Waals surface area (Å²) in [5.74, 6) is -0.992. The Morgan fingerprint density at radius 2 is 2.24 bits per heavy atom. The standard InChI is InChI=1S/C11H12N4O2/c1-2-3-15-10(7-13-14-15)8-4-9(11(16)17)6-12-5-8/h4-7H,2-3H2,1H3,(H,16,17). The van der Waals surface area contributed by atoms with Gasteiger partial charge in [-0.25, -0.2) is 9.48 Å². The molecular formula is C11H12N4O2. The number of hydrogen-bond acceptors (Lipinski definition) is 4. The van der Waals surface area contributed by atoms with E-state index >= 15 is 0 Å². The molecule has 0 fully saturated rings. The molecule has 2 aromatic rings. The molecule has 0 aromatic carbocycles. The van der Waals surface area contributed by atoms with Gasteiger partial charge in [0.15, 0.2) is 0 Å². The van der Waals surface area contributed by atoms with Gasteiger partial charge in [-0.05, 0) is 12.5 Å². The Morgan fingerprint density at radius 3 is 2.94 bits per heavy atom. The van der Waals surface area contributed by atoms with E-state index in [-0.39, 0.29) is 5.56 Å². The number of carbonyl (C=O) groups is 1. The molecule has 6 heteroatoms. The molecule has 17 heavy (non-hydrogen) atoms. The molecule has 0 saturated carbocycles. The van der Waals surface area contributed by atoms with E-state index in [1.54, 1.807) is 23.1 Å². The summed E-state index contributed by atoms with van der Waals surface area (Å²) in [6.45, 7) is 2.78. The lowest BCUT2D eigenvalue weighted by Crippen LogP contribution is -2.03. The van der Waals surface area contributed by atoms with Gasteiger partial charge in [0, 0.05) is 24.5 Å². The molecule has 0 aliphatic carbocycles. The minimum Gasteiger partial charge on any atom is -0.478 e. The number of aryl methyl sites for hydroxylation is 1. The predicted octanol–water partition coefficient (Wildman–Crippen LogP) is 1.45. The van der Waals surface area contributed by atoms with Crippen molar-refractivity contribution in [3.05, 3.63) is 30.2 Å². The molecule has 0 amide bonds. The van der Waals surface area contributed by atoms with Gasteiger partial charge in [0.2, 0.25) is 0 Å². The van der Waals surface area contributed by atoms with E-state index in [9.17, 15) is 4.79 Å². The third-order valence-corrected chi connectivity index (χ3v) is 2.33. The van der Waals surface area contributed by atoms with Crippen molar-refractivity contribution in [2.24, 2.45) is 0 Å². The molecule has 88 valence electrons. The highest BCUT2D eigenvalue weighted by Gasteiger charge is 2.09. The molecule has 0 aliphatic rings. The average molecular weight is 232 g/mol. The van der Waals surface area contributed by atoms with E-state index in [0.717, 1.165) is 18.7 Å². The van der Waals surface area contributed by atoms with E-state index in [4.69, 9.17) is 5.11 Å². The highest BCUT2D eigenvalue weighted by molar-refractivity contribution is 5.88. The van der Waals surface area contributed by atoms with Crippen molar-refractivity contribution in [1.29, 1.82) is 0 Å². The Balaban J connectivity index is 2.42. The smallest absolute Gasteiger partial charge is 0.337 e. The van der Waals surface area contributed by atoms with Gasteiger partial charge in [-0.15, -0.1) is 5.10 Å². The van der Waals surface area contributed by atoms with Crippen molar-refractivity contribution >= 4 is 5.97 Å². The van der Waals surface area contributed by atoms with Crippen LogP contribution in [0.2, 0.25) is 0 Å². The van der Waals surface area contributed by atoms with Crippen LogP contribution in [-0.4, -0.2) is 31.1 Å². The Kier molecular flexibility index (Phi) is 3.13. The lowest BCUT2D eigenvalue weighted by molar-refractivity contribution is 0.0696. The van der Waals surface area contributed by atoms with Crippen LogP contribution in [-0.2, 0) is 6.54 Å². The quantitative estimate of drug-likeness (QED) is 0.862. The molecule has 2 aromatic heterocycles. The van der Waals surface area contributed by atoms with Crippen molar-refractivity contribution < 1.29 is 9.90 Å². The summed E-state index contributed by atoms with van der Waals surface area (Å²) in [5, 5.41) is 16.7.